The van der Waals surface area contributed by atoms with Gasteiger partial charge in [-0.05, 0) is 32.9 Å². The van der Waals surface area contributed by atoms with Crippen LogP contribution in [0.25, 0.3) is 0 Å². The Kier molecular flexibility index (Phi) is 5.89. The van der Waals surface area contributed by atoms with E-state index < -0.39 is 9.84 Å². The van der Waals surface area contributed by atoms with Gasteiger partial charge in [0.2, 0.25) is 0 Å². The zero-order valence-electron chi connectivity index (χ0n) is 10.9. The Morgan fingerprint density at radius 3 is 2.53 bits per heavy atom. The minimum atomic E-state index is -2.85. The van der Waals surface area contributed by atoms with Crippen LogP contribution in [0.1, 0.15) is 39.0 Å². The van der Waals surface area contributed by atoms with Gasteiger partial charge >= 0.3 is 0 Å². The monoisotopic (exact) mass is 263 g/mol. The van der Waals surface area contributed by atoms with Crippen LogP contribution in [0.15, 0.2) is 0 Å². The average molecular weight is 263 g/mol. The van der Waals surface area contributed by atoms with Crippen LogP contribution in [0.2, 0.25) is 0 Å². The first kappa shape index (κ1) is 14.9. The molecule has 0 amide bonds. The van der Waals surface area contributed by atoms with Gasteiger partial charge in [-0.25, -0.2) is 8.42 Å². The lowest BCUT2D eigenvalue weighted by molar-refractivity contribution is 0.0324. The standard InChI is InChI=1S/C12H25NO3S/c1-3-17(15,16)10-6-9-13(2)11-7-4-5-8-12(11)14/h11-12,14H,3-10H2,1-2H3. The van der Waals surface area contributed by atoms with E-state index in [0.29, 0.717) is 6.42 Å². The lowest BCUT2D eigenvalue weighted by Gasteiger charge is -2.35. The largest absolute Gasteiger partial charge is 0.391 e. The number of sulfone groups is 1. The van der Waals surface area contributed by atoms with E-state index in [2.05, 4.69) is 4.90 Å². The summed E-state index contributed by atoms with van der Waals surface area (Å²) in [6.07, 6.45) is 4.60. The molecular weight excluding hydrogens is 238 g/mol. The van der Waals surface area contributed by atoms with E-state index in [1.807, 2.05) is 7.05 Å². The summed E-state index contributed by atoms with van der Waals surface area (Å²) < 4.78 is 22.7. The van der Waals surface area contributed by atoms with Crippen molar-refractivity contribution < 1.29 is 13.5 Å². The fraction of sp³-hybridized carbons (Fsp3) is 1.00. The zero-order chi connectivity index (χ0) is 12.9. The molecule has 0 aliphatic heterocycles. The van der Waals surface area contributed by atoms with Crippen molar-refractivity contribution in [1.29, 1.82) is 0 Å². The molecule has 17 heavy (non-hydrogen) atoms. The van der Waals surface area contributed by atoms with Crippen molar-refractivity contribution in [2.24, 2.45) is 0 Å². The Bertz CT molecular complexity index is 316. The maximum Gasteiger partial charge on any atom is 0.150 e. The Labute approximate surface area is 105 Å². The molecule has 4 nitrogen and oxygen atoms in total. The summed E-state index contributed by atoms with van der Waals surface area (Å²) in [7, 11) is -0.865. The van der Waals surface area contributed by atoms with Gasteiger partial charge in [0.15, 0.2) is 0 Å². The molecule has 2 unspecified atom stereocenters. The molecule has 0 aromatic rings. The topological polar surface area (TPSA) is 57.6 Å². The lowest BCUT2D eigenvalue weighted by atomic mass is 9.91. The molecule has 1 saturated carbocycles. The number of hydrogen-bond donors (Lipinski definition) is 1. The molecule has 0 spiro atoms. The molecule has 1 N–H and O–H groups in total. The number of hydrogen-bond acceptors (Lipinski definition) is 4. The summed E-state index contributed by atoms with van der Waals surface area (Å²) >= 11 is 0. The van der Waals surface area contributed by atoms with Gasteiger partial charge in [0.25, 0.3) is 0 Å². The van der Waals surface area contributed by atoms with Crippen LogP contribution in [0, 0.1) is 0 Å². The van der Waals surface area contributed by atoms with Crippen LogP contribution in [0.5, 0.6) is 0 Å². The lowest BCUT2D eigenvalue weighted by Crippen LogP contribution is -2.44. The summed E-state index contributed by atoms with van der Waals surface area (Å²) in [6.45, 7) is 2.44. The zero-order valence-corrected chi connectivity index (χ0v) is 11.7. The summed E-state index contributed by atoms with van der Waals surface area (Å²) in [6, 6.07) is 0.216. The van der Waals surface area contributed by atoms with Gasteiger partial charge < -0.3 is 10.0 Å². The number of likely N-dealkylation sites (N-methyl/N-ethyl adjacent to an activating group) is 1. The second-order valence-corrected chi connectivity index (χ2v) is 7.46. The predicted octanol–water partition coefficient (Wildman–Crippen LogP) is 1.05. The molecule has 1 fully saturated rings. The second-order valence-electron chi connectivity index (χ2n) is 4.99. The first-order valence-electron chi connectivity index (χ1n) is 6.55. The molecular formula is C12H25NO3S. The van der Waals surface area contributed by atoms with Gasteiger partial charge in [0.1, 0.15) is 9.84 Å². The summed E-state index contributed by atoms with van der Waals surface area (Å²) in [5.74, 6) is 0.486. The third-order valence-electron chi connectivity index (χ3n) is 3.67. The molecule has 0 aromatic carbocycles. The molecule has 0 aromatic heterocycles. The van der Waals surface area contributed by atoms with Crippen molar-refractivity contribution in [3.8, 4) is 0 Å². The van der Waals surface area contributed by atoms with Crippen molar-refractivity contribution >= 4 is 9.84 Å². The first-order valence-corrected chi connectivity index (χ1v) is 8.37. The summed E-state index contributed by atoms with van der Waals surface area (Å²) in [5, 5.41) is 9.88. The number of aliphatic hydroxyl groups excluding tert-OH is 1. The molecule has 0 bridgehead atoms. The maximum atomic E-state index is 11.4. The number of rotatable bonds is 6. The van der Waals surface area contributed by atoms with E-state index in [4.69, 9.17) is 0 Å². The van der Waals surface area contributed by atoms with Crippen molar-refractivity contribution in [2.45, 2.75) is 51.2 Å². The van der Waals surface area contributed by atoms with Crippen LogP contribution < -0.4 is 0 Å². The number of aliphatic hydroxyl groups is 1. The maximum absolute atomic E-state index is 11.4. The van der Waals surface area contributed by atoms with Crippen molar-refractivity contribution in [3.63, 3.8) is 0 Å². The molecule has 2 atom stereocenters. The SMILES string of the molecule is CCS(=O)(=O)CCCN(C)C1CCCCC1O. The number of nitrogens with zero attached hydrogens (tertiary/aromatic N) is 1. The molecule has 5 heteroatoms. The smallest absolute Gasteiger partial charge is 0.150 e. The van der Waals surface area contributed by atoms with Crippen LogP contribution in [0.3, 0.4) is 0 Å². The highest BCUT2D eigenvalue weighted by Crippen LogP contribution is 2.22. The van der Waals surface area contributed by atoms with Crippen LogP contribution in [0.4, 0.5) is 0 Å². The molecule has 1 aliphatic rings. The van der Waals surface area contributed by atoms with Crippen LogP contribution in [-0.2, 0) is 9.84 Å². The predicted molar refractivity (Wildman–Crippen MR) is 69.8 cm³/mol. The van der Waals surface area contributed by atoms with E-state index in [9.17, 15) is 13.5 Å². The van der Waals surface area contributed by atoms with E-state index in [1.54, 1.807) is 6.92 Å². The normalized spacial score (nSPS) is 26.4. The van der Waals surface area contributed by atoms with Gasteiger partial charge in [-0.3, -0.25) is 0 Å². The molecule has 0 radical (unpaired) electrons. The van der Waals surface area contributed by atoms with Gasteiger partial charge in [0, 0.05) is 11.8 Å². The Morgan fingerprint density at radius 1 is 1.29 bits per heavy atom. The van der Waals surface area contributed by atoms with Crippen molar-refractivity contribution in [3.05, 3.63) is 0 Å². The highest BCUT2D eigenvalue weighted by molar-refractivity contribution is 7.91. The van der Waals surface area contributed by atoms with Gasteiger partial charge in [-0.1, -0.05) is 19.8 Å². The van der Waals surface area contributed by atoms with Gasteiger partial charge in [0.05, 0.1) is 11.9 Å². The van der Waals surface area contributed by atoms with Crippen molar-refractivity contribution in [2.75, 3.05) is 25.1 Å². The first-order chi connectivity index (χ1) is 7.96. The van der Waals surface area contributed by atoms with Crippen molar-refractivity contribution in [1.82, 2.24) is 4.90 Å². The van der Waals surface area contributed by atoms with Crippen LogP contribution >= 0.6 is 0 Å². The highest BCUT2D eigenvalue weighted by atomic mass is 32.2. The second kappa shape index (κ2) is 6.71. The fourth-order valence-electron chi connectivity index (χ4n) is 2.45. The van der Waals surface area contributed by atoms with E-state index >= 15 is 0 Å². The Balaban J connectivity index is 2.31. The molecule has 102 valence electrons. The third kappa shape index (κ3) is 4.94. The van der Waals surface area contributed by atoms with E-state index in [0.717, 1.165) is 25.8 Å². The van der Waals surface area contributed by atoms with E-state index in [1.165, 1.54) is 6.42 Å². The third-order valence-corrected chi connectivity index (χ3v) is 5.46. The fourth-order valence-corrected chi connectivity index (χ4v) is 3.31. The highest BCUT2D eigenvalue weighted by Gasteiger charge is 2.26. The molecule has 0 saturated heterocycles. The average Bonchev–Trinajstić information content (AvgIpc) is 2.29. The minimum absolute atomic E-state index is 0.216. The van der Waals surface area contributed by atoms with Gasteiger partial charge in [-0.15, -0.1) is 0 Å². The molecule has 1 rings (SSSR count). The quantitative estimate of drug-likeness (QED) is 0.778. The molecule has 1 aliphatic carbocycles. The Morgan fingerprint density at radius 2 is 1.94 bits per heavy atom. The molecule has 0 heterocycles. The Hall–Kier alpha value is -0.130. The summed E-state index contributed by atoms with van der Waals surface area (Å²) in [5.41, 5.74) is 0. The van der Waals surface area contributed by atoms with E-state index in [-0.39, 0.29) is 23.7 Å². The van der Waals surface area contributed by atoms with Gasteiger partial charge in [-0.2, -0.15) is 0 Å². The summed E-state index contributed by atoms with van der Waals surface area (Å²) in [4.78, 5) is 2.12. The van der Waals surface area contributed by atoms with Crippen LogP contribution in [-0.4, -0.2) is 55.7 Å². The minimum Gasteiger partial charge on any atom is -0.391 e.